The Hall–Kier alpha value is -2.57. The van der Waals surface area contributed by atoms with Crippen LogP contribution in [0, 0.1) is 11.3 Å². The van der Waals surface area contributed by atoms with E-state index in [1.807, 2.05) is 12.1 Å². The average molecular weight is 524 g/mol. The first-order valence-electron chi connectivity index (χ1n) is 10.8. The van der Waals surface area contributed by atoms with Gasteiger partial charge < -0.3 is 15.0 Å². The van der Waals surface area contributed by atoms with Crippen molar-refractivity contribution < 1.29 is 22.7 Å². The van der Waals surface area contributed by atoms with E-state index in [2.05, 4.69) is 26.1 Å². The molecule has 0 saturated carbocycles. The van der Waals surface area contributed by atoms with Crippen LogP contribution in [-0.2, 0) is 6.18 Å². The number of unbranched alkanes of at least 4 members (excludes halogenated alkanes) is 1. The second-order valence-electron chi connectivity index (χ2n) is 7.98. The molecule has 0 spiro atoms. The van der Waals surface area contributed by atoms with Gasteiger partial charge in [0.05, 0.1) is 17.2 Å². The zero-order valence-corrected chi connectivity index (χ0v) is 19.6. The molecule has 1 heterocycles. The zero-order valence-electron chi connectivity index (χ0n) is 18.0. The second-order valence-corrected chi connectivity index (χ2v) is 8.90. The van der Waals surface area contributed by atoms with E-state index in [4.69, 9.17) is 10.00 Å². The fraction of sp³-hybridized carbons (Fsp3) is 0.417. The molecule has 33 heavy (non-hydrogen) atoms. The van der Waals surface area contributed by atoms with Crippen molar-refractivity contribution in [2.45, 2.75) is 38.0 Å². The Kier molecular flexibility index (Phi) is 8.75. The lowest BCUT2D eigenvalue weighted by Gasteiger charge is -2.32. The molecule has 176 valence electrons. The largest absolute Gasteiger partial charge is 0.490 e. The van der Waals surface area contributed by atoms with Gasteiger partial charge >= 0.3 is 6.18 Å². The lowest BCUT2D eigenvalue weighted by molar-refractivity contribution is -0.137. The average Bonchev–Trinajstić information content (AvgIpc) is 2.79. The lowest BCUT2D eigenvalue weighted by Crippen LogP contribution is -2.39. The van der Waals surface area contributed by atoms with Crippen molar-refractivity contribution >= 4 is 21.8 Å². The van der Waals surface area contributed by atoms with E-state index in [0.717, 1.165) is 49.1 Å². The van der Waals surface area contributed by atoms with Gasteiger partial charge in [0.2, 0.25) is 0 Å². The molecule has 0 unspecified atom stereocenters. The first-order valence-corrected chi connectivity index (χ1v) is 11.6. The number of ether oxygens (including phenoxy) is 1. The van der Waals surface area contributed by atoms with Crippen LogP contribution in [0.2, 0.25) is 0 Å². The topological polar surface area (TPSA) is 65.4 Å². The molecule has 3 rings (SSSR count). The van der Waals surface area contributed by atoms with Crippen molar-refractivity contribution in [3.05, 3.63) is 63.6 Å². The van der Waals surface area contributed by atoms with E-state index in [1.165, 1.54) is 6.07 Å². The van der Waals surface area contributed by atoms with Crippen molar-refractivity contribution in [3.8, 4) is 11.8 Å². The quantitative estimate of drug-likeness (QED) is 0.471. The molecule has 0 atom stereocenters. The van der Waals surface area contributed by atoms with E-state index >= 15 is 0 Å². The molecule has 1 saturated heterocycles. The number of carbonyl (C=O) groups excluding carboxylic acids is 1. The molecule has 2 aromatic rings. The van der Waals surface area contributed by atoms with E-state index in [-0.39, 0.29) is 23.3 Å². The van der Waals surface area contributed by atoms with Crippen LogP contribution < -0.4 is 10.1 Å². The second kappa shape index (κ2) is 11.5. The standard InChI is InChI=1S/C24H25BrF3N3O2/c25-20-5-3-18(4-6-20)23(32)30-9-1-2-10-31-11-7-21(8-12-31)33-22-14-17(16-29)13-19(15-22)24(26,27)28/h3-6,13-15,21H,1-2,7-12H2,(H,30,32). The number of hydrogen-bond acceptors (Lipinski definition) is 4. The van der Waals surface area contributed by atoms with Crippen LogP contribution >= 0.6 is 15.9 Å². The molecular weight excluding hydrogens is 499 g/mol. The Morgan fingerprint density at radius 2 is 1.85 bits per heavy atom. The Morgan fingerprint density at radius 3 is 2.48 bits per heavy atom. The Balaban J connectivity index is 1.36. The van der Waals surface area contributed by atoms with Gasteiger partial charge in [-0.1, -0.05) is 15.9 Å². The van der Waals surface area contributed by atoms with Crippen LogP contribution in [0.5, 0.6) is 5.75 Å². The van der Waals surface area contributed by atoms with Crippen molar-refractivity contribution in [2.24, 2.45) is 0 Å². The SMILES string of the molecule is N#Cc1cc(OC2CCN(CCCCNC(=O)c3ccc(Br)cc3)CC2)cc(C(F)(F)F)c1. The minimum absolute atomic E-state index is 0.0653. The fourth-order valence-electron chi connectivity index (χ4n) is 3.70. The van der Waals surface area contributed by atoms with E-state index in [1.54, 1.807) is 18.2 Å². The number of carbonyl (C=O) groups is 1. The molecular formula is C24H25BrF3N3O2. The smallest absolute Gasteiger partial charge is 0.416 e. The van der Waals surface area contributed by atoms with Crippen LogP contribution in [-0.4, -0.2) is 43.1 Å². The van der Waals surface area contributed by atoms with E-state index < -0.39 is 11.7 Å². The molecule has 1 fully saturated rings. The Bertz CT molecular complexity index is 982. The number of piperidine rings is 1. The summed E-state index contributed by atoms with van der Waals surface area (Å²) in [7, 11) is 0. The third-order valence-corrected chi connectivity index (χ3v) is 6.02. The van der Waals surface area contributed by atoms with Crippen LogP contribution in [0.25, 0.3) is 0 Å². The van der Waals surface area contributed by atoms with Crippen LogP contribution in [0.1, 0.15) is 47.2 Å². The molecule has 1 N–H and O–H groups in total. The highest BCUT2D eigenvalue weighted by Gasteiger charge is 2.32. The number of hydrogen-bond donors (Lipinski definition) is 1. The molecule has 0 bridgehead atoms. The normalized spacial score (nSPS) is 15.1. The molecule has 9 heteroatoms. The van der Waals surface area contributed by atoms with Crippen LogP contribution in [0.3, 0.4) is 0 Å². The number of nitrogens with one attached hydrogen (secondary N) is 1. The van der Waals surface area contributed by atoms with Crippen LogP contribution in [0.15, 0.2) is 46.9 Å². The number of halogens is 4. The molecule has 0 aromatic heterocycles. The number of nitrogens with zero attached hydrogens (tertiary/aromatic N) is 2. The molecule has 2 aromatic carbocycles. The summed E-state index contributed by atoms with van der Waals surface area (Å²) in [5, 5.41) is 11.9. The molecule has 5 nitrogen and oxygen atoms in total. The van der Waals surface area contributed by atoms with E-state index in [0.29, 0.717) is 24.9 Å². The number of benzene rings is 2. The maximum absolute atomic E-state index is 13.0. The third kappa shape index (κ3) is 7.76. The van der Waals surface area contributed by atoms with Gasteiger partial charge in [-0.05, 0) is 74.7 Å². The van der Waals surface area contributed by atoms with Crippen molar-refractivity contribution in [3.63, 3.8) is 0 Å². The molecule has 0 aliphatic carbocycles. The summed E-state index contributed by atoms with van der Waals surface area (Å²) in [6.45, 7) is 3.08. The summed E-state index contributed by atoms with van der Waals surface area (Å²) in [4.78, 5) is 14.4. The number of nitriles is 1. The van der Waals surface area contributed by atoms with Crippen molar-refractivity contribution in [1.29, 1.82) is 5.26 Å². The first kappa shape index (κ1) is 25.1. The van der Waals surface area contributed by atoms with Gasteiger partial charge in [-0.3, -0.25) is 4.79 Å². The highest BCUT2D eigenvalue weighted by molar-refractivity contribution is 9.10. The fourth-order valence-corrected chi connectivity index (χ4v) is 3.97. The highest BCUT2D eigenvalue weighted by Crippen LogP contribution is 2.33. The van der Waals surface area contributed by atoms with Gasteiger partial charge in [0, 0.05) is 29.7 Å². The van der Waals surface area contributed by atoms with Gasteiger partial charge in [0.1, 0.15) is 11.9 Å². The molecule has 0 radical (unpaired) electrons. The predicted molar refractivity (Wildman–Crippen MR) is 122 cm³/mol. The van der Waals surface area contributed by atoms with Crippen molar-refractivity contribution in [2.75, 3.05) is 26.2 Å². The number of alkyl halides is 3. The summed E-state index contributed by atoms with van der Waals surface area (Å²) in [6.07, 6.45) is -1.49. The minimum atomic E-state index is -4.52. The van der Waals surface area contributed by atoms with Gasteiger partial charge in [-0.25, -0.2) is 0 Å². The Labute approximate surface area is 199 Å². The maximum Gasteiger partial charge on any atom is 0.416 e. The summed E-state index contributed by atoms with van der Waals surface area (Å²) in [5.41, 5.74) is -0.311. The predicted octanol–water partition coefficient (Wildman–Crippen LogP) is 5.39. The van der Waals surface area contributed by atoms with Crippen molar-refractivity contribution in [1.82, 2.24) is 10.2 Å². The zero-order chi connectivity index (χ0) is 23.8. The lowest BCUT2D eigenvalue weighted by atomic mass is 10.1. The third-order valence-electron chi connectivity index (χ3n) is 5.49. The maximum atomic E-state index is 13.0. The summed E-state index contributed by atoms with van der Waals surface area (Å²) in [6, 6.07) is 12.1. The summed E-state index contributed by atoms with van der Waals surface area (Å²) >= 11 is 3.34. The Morgan fingerprint density at radius 1 is 1.15 bits per heavy atom. The van der Waals surface area contributed by atoms with Crippen LogP contribution in [0.4, 0.5) is 13.2 Å². The number of likely N-dealkylation sites (tertiary alicyclic amines) is 1. The summed E-state index contributed by atoms with van der Waals surface area (Å²) in [5.74, 6) is -0.00375. The number of rotatable bonds is 8. The highest BCUT2D eigenvalue weighted by atomic mass is 79.9. The van der Waals surface area contributed by atoms with Gasteiger partial charge in [0.25, 0.3) is 5.91 Å². The van der Waals surface area contributed by atoms with Gasteiger partial charge in [-0.15, -0.1) is 0 Å². The van der Waals surface area contributed by atoms with Gasteiger partial charge in [0.15, 0.2) is 0 Å². The monoisotopic (exact) mass is 523 g/mol. The minimum Gasteiger partial charge on any atom is -0.490 e. The molecule has 1 aliphatic heterocycles. The molecule has 1 aliphatic rings. The van der Waals surface area contributed by atoms with Gasteiger partial charge in [-0.2, -0.15) is 18.4 Å². The number of amides is 1. The summed E-state index contributed by atoms with van der Waals surface area (Å²) < 4.78 is 45.8. The molecule has 1 amide bonds. The first-order chi connectivity index (χ1) is 15.7. The van der Waals surface area contributed by atoms with E-state index in [9.17, 15) is 18.0 Å².